The number of hydrogen-bond donors (Lipinski definition) is 0. The number of allylic oxidation sites excluding steroid dienone is 4. The molecule has 1 heteroatoms. The van der Waals surface area contributed by atoms with Gasteiger partial charge >= 0.3 is 0 Å². The molecule has 0 aromatic heterocycles. The van der Waals surface area contributed by atoms with E-state index in [-0.39, 0.29) is 5.41 Å². The van der Waals surface area contributed by atoms with Crippen LogP contribution in [0.3, 0.4) is 0 Å². The van der Waals surface area contributed by atoms with Crippen molar-refractivity contribution in [3.8, 4) is 0 Å². The summed E-state index contributed by atoms with van der Waals surface area (Å²) in [5.41, 5.74) is -0.201. The fourth-order valence-corrected chi connectivity index (χ4v) is 1.30. The molecule has 0 rings (SSSR count). The number of rotatable bonds is 9. The van der Waals surface area contributed by atoms with Crippen LogP contribution in [0.2, 0.25) is 0 Å². The number of carbonyl (C=O) groups is 1. The lowest BCUT2D eigenvalue weighted by Gasteiger charge is -2.12. The molecule has 0 aromatic carbocycles. The maximum Gasteiger partial charge on any atom is 0.125 e. The fraction of sp³-hybridized carbons (Fsp3) is 0.667. The van der Waals surface area contributed by atoms with Gasteiger partial charge in [0.05, 0.1) is 0 Å². The summed E-state index contributed by atoms with van der Waals surface area (Å²) in [6.45, 7) is 6.15. The highest BCUT2D eigenvalue weighted by molar-refractivity contribution is 5.58. The summed E-state index contributed by atoms with van der Waals surface area (Å²) < 4.78 is 0. The largest absolute Gasteiger partial charge is 0.303 e. The smallest absolute Gasteiger partial charge is 0.125 e. The molecule has 0 aliphatic rings. The third-order valence-corrected chi connectivity index (χ3v) is 2.52. The van der Waals surface area contributed by atoms with Crippen LogP contribution in [-0.4, -0.2) is 6.29 Å². The molecule has 0 amide bonds. The number of unbranched alkanes of at least 4 members (excludes halogenated alkanes) is 3. The lowest BCUT2D eigenvalue weighted by molar-refractivity contribution is -0.114. The summed E-state index contributed by atoms with van der Waals surface area (Å²) in [6.07, 6.45) is 16.7. The summed E-state index contributed by atoms with van der Waals surface area (Å²) in [5, 5.41) is 0. The molecule has 0 atom stereocenters. The zero-order chi connectivity index (χ0) is 12.3. The first-order chi connectivity index (χ1) is 7.62. The van der Waals surface area contributed by atoms with Gasteiger partial charge in [0.1, 0.15) is 6.29 Å². The Kier molecular flexibility index (Phi) is 8.88. The van der Waals surface area contributed by atoms with Crippen molar-refractivity contribution in [2.45, 2.75) is 59.3 Å². The Morgan fingerprint density at radius 2 is 1.50 bits per heavy atom. The molecule has 0 bridgehead atoms. The van der Waals surface area contributed by atoms with Gasteiger partial charge in [-0.2, -0.15) is 0 Å². The molecule has 0 saturated carbocycles. The molecule has 1 nitrogen and oxygen atoms in total. The lowest BCUT2D eigenvalue weighted by atomic mass is 9.91. The van der Waals surface area contributed by atoms with Gasteiger partial charge < -0.3 is 4.79 Å². The Morgan fingerprint density at radius 3 is 2.06 bits per heavy atom. The van der Waals surface area contributed by atoms with Crippen molar-refractivity contribution < 1.29 is 4.79 Å². The van der Waals surface area contributed by atoms with Crippen LogP contribution in [-0.2, 0) is 4.79 Å². The van der Waals surface area contributed by atoms with Gasteiger partial charge in [-0.1, -0.05) is 57.9 Å². The van der Waals surface area contributed by atoms with E-state index in [0.29, 0.717) is 0 Å². The molecule has 0 spiro atoms. The maximum absolute atomic E-state index is 10.6. The third-order valence-electron chi connectivity index (χ3n) is 2.52. The van der Waals surface area contributed by atoms with E-state index in [0.717, 1.165) is 25.5 Å². The molecular formula is C15H26O. The van der Waals surface area contributed by atoms with Gasteiger partial charge in [-0.25, -0.2) is 0 Å². The molecule has 0 aliphatic carbocycles. The molecule has 92 valence electrons. The van der Waals surface area contributed by atoms with Gasteiger partial charge in [0, 0.05) is 5.41 Å². The SMILES string of the molecule is CCCC/C=C/CC/C=C/CC(C)(C)C=O. The molecular weight excluding hydrogens is 196 g/mol. The normalized spacial score (nSPS) is 12.7. The number of carbonyl (C=O) groups excluding carboxylic acids is 1. The second-order valence-corrected chi connectivity index (χ2v) is 4.97. The van der Waals surface area contributed by atoms with E-state index in [1.807, 2.05) is 13.8 Å². The van der Waals surface area contributed by atoms with Gasteiger partial charge in [0.15, 0.2) is 0 Å². The molecule has 0 aliphatic heterocycles. The van der Waals surface area contributed by atoms with Crippen molar-refractivity contribution in [3.05, 3.63) is 24.3 Å². The first-order valence-electron chi connectivity index (χ1n) is 6.38. The molecule has 0 unspecified atom stereocenters. The Balaban J connectivity index is 3.48. The van der Waals surface area contributed by atoms with Crippen LogP contribution >= 0.6 is 0 Å². The van der Waals surface area contributed by atoms with E-state index in [1.54, 1.807) is 0 Å². The Morgan fingerprint density at radius 1 is 0.938 bits per heavy atom. The molecule has 0 aromatic rings. The van der Waals surface area contributed by atoms with Crippen LogP contribution in [0.15, 0.2) is 24.3 Å². The highest BCUT2D eigenvalue weighted by Crippen LogP contribution is 2.17. The molecule has 0 N–H and O–H groups in total. The Hall–Kier alpha value is -0.850. The average Bonchev–Trinajstić information content (AvgIpc) is 2.27. The fourth-order valence-electron chi connectivity index (χ4n) is 1.30. The van der Waals surface area contributed by atoms with Crippen molar-refractivity contribution in [2.24, 2.45) is 5.41 Å². The number of hydrogen-bond acceptors (Lipinski definition) is 1. The van der Waals surface area contributed by atoms with E-state index >= 15 is 0 Å². The van der Waals surface area contributed by atoms with Gasteiger partial charge in [0.25, 0.3) is 0 Å². The average molecular weight is 222 g/mol. The van der Waals surface area contributed by atoms with E-state index in [2.05, 4.69) is 31.2 Å². The minimum absolute atomic E-state index is 0.201. The molecule has 0 heterocycles. The summed E-state index contributed by atoms with van der Waals surface area (Å²) in [7, 11) is 0. The maximum atomic E-state index is 10.6. The molecule has 16 heavy (non-hydrogen) atoms. The predicted molar refractivity (Wildman–Crippen MR) is 71.5 cm³/mol. The van der Waals surface area contributed by atoms with Crippen LogP contribution in [0.5, 0.6) is 0 Å². The van der Waals surface area contributed by atoms with Crippen LogP contribution in [0.25, 0.3) is 0 Å². The van der Waals surface area contributed by atoms with Crippen LogP contribution < -0.4 is 0 Å². The zero-order valence-corrected chi connectivity index (χ0v) is 11.0. The van der Waals surface area contributed by atoms with Crippen LogP contribution in [0, 0.1) is 5.41 Å². The minimum atomic E-state index is -0.201. The first kappa shape index (κ1) is 15.2. The second kappa shape index (κ2) is 9.38. The summed E-state index contributed by atoms with van der Waals surface area (Å²) >= 11 is 0. The van der Waals surface area contributed by atoms with E-state index in [9.17, 15) is 4.79 Å². The Bertz CT molecular complexity index is 224. The van der Waals surface area contributed by atoms with Gasteiger partial charge in [-0.3, -0.25) is 0 Å². The van der Waals surface area contributed by atoms with Crippen molar-refractivity contribution in [1.29, 1.82) is 0 Å². The summed E-state index contributed by atoms with van der Waals surface area (Å²) in [5.74, 6) is 0. The van der Waals surface area contributed by atoms with E-state index in [4.69, 9.17) is 0 Å². The highest BCUT2D eigenvalue weighted by atomic mass is 16.1. The lowest BCUT2D eigenvalue weighted by Crippen LogP contribution is -2.10. The monoisotopic (exact) mass is 222 g/mol. The van der Waals surface area contributed by atoms with Gasteiger partial charge in [-0.15, -0.1) is 0 Å². The Labute approximate surface area is 101 Å². The summed E-state index contributed by atoms with van der Waals surface area (Å²) in [6, 6.07) is 0. The first-order valence-corrected chi connectivity index (χ1v) is 6.38. The van der Waals surface area contributed by atoms with Crippen LogP contribution in [0.4, 0.5) is 0 Å². The number of aldehydes is 1. The van der Waals surface area contributed by atoms with Gasteiger partial charge in [0.2, 0.25) is 0 Å². The van der Waals surface area contributed by atoms with Crippen molar-refractivity contribution >= 4 is 6.29 Å². The zero-order valence-electron chi connectivity index (χ0n) is 11.0. The minimum Gasteiger partial charge on any atom is -0.303 e. The quantitative estimate of drug-likeness (QED) is 0.314. The third kappa shape index (κ3) is 9.70. The van der Waals surface area contributed by atoms with Crippen molar-refractivity contribution in [2.75, 3.05) is 0 Å². The van der Waals surface area contributed by atoms with E-state index in [1.165, 1.54) is 19.3 Å². The molecule has 0 fully saturated rings. The molecule has 0 radical (unpaired) electrons. The topological polar surface area (TPSA) is 17.1 Å². The van der Waals surface area contributed by atoms with Crippen molar-refractivity contribution in [1.82, 2.24) is 0 Å². The van der Waals surface area contributed by atoms with Crippen molar-refractivity contribution in [3.63, 3.8) is 0 Å². The highest BCUT2D eigenvalue weighted by Gasteiger charge is 2.13. The standard InChI is InChI=1S/C15H26O/c1-4-5-6-7-8-9-10-11-12-13-15(2,3)14-16/h7-8,11-12,14H,4-6,9-10,13H2,1-3H3/b8-7+,12-11+. The second-order valence-electron chi connectivity index (χ2n) is 4.97. The van der Waals surface area contributed by atoms with E-state index < -0.39 is 0 Å². The summed E-state index contributed by atoms with van der Waals surface area (Å²) in [4.78, 5) is 10.6. The predicted octanol–water partition coefficient (Wildman–Crippen LogP) is 4.68. The van der Waals surface area contributed by atoms with Gasteiger partial charge in [-0.05, 0) is 25.7 Å². The molecule has 0 saturated heterocycles. The van der Waals surface area contributed by atoms with Crippen LogP contribution in [0.1, 0.15) is 59.3 Å².